The van der Waals surface area contributed by atoms with E-state index in [1.165, 1.54) is 45.1 Å². The third-order valence-corrected chi connectivity index (χ3v) is 5.00. The summed E-state index contributed by atoms with van der Waals surface area (Å²) in [5.74, 6) is 0.793. The fraction of sp³-hybridized carbons (Fsp3) is 0.353. The first-order valence-electron chi connectivity index (χ1n) is 7.57. The molecule has 0 aromatic heterocycles. The van der Waals surface area contributed by atoms with Crippen molar-refractivity contribution in [3.8, 4) is 17.2 Å². The Labute approximate surface area is 161 Å². The highest BCUT2D eigenvalue weighted by molar-refractivity contribution is 8.26. The predicted octanol–water partition coefficient (Wildman–Crippen LogP) is 2.48. The molecule has 0 saturated carbocycles. The Kier molecular flexibility index (Phi) is 6.87. The van der Waals surface area contributed by atoms with Crippen LogP contribution in [0.25, 0.3) is 6.08 Å². The highest BCUT2D eigenvalue weighted by atomic mass is 32.2. The Morgan fingerprint density at radius 2 is 1.77 bits per heavy atom. The number of benzene rings is 1. The van der Waals surface area contributed by atoms with Gasteiger partial charge in [0.2, 0.25) is 5.75 Å². The maximum Gasteiger partial charge on any atom is 0.307 e. The molecule has 1 aliphatic heterocycles. The Bertz CT molecular complexity index is 737. The molecule has 1 amide bonds. The number of carbonyl (C=O) groups is 2. The lowest BCUT2D eigenvalue weighted by Crippen LogP contribution is -2.30. The number of esters is 1. The van der Waals surface area contributed by atoms with Crippen LogP contribution in [0.1, 0.15) is 12.0 Å². The maximum atomic E-state index is 12.6. The van der Waals surface area contributed by atoms with E-state index in [1.54, 1.807) is 18.2 Å². The predicted molar refractivity (Wildman–Crippen MR) is 103 cm³/mol. The van der Waals surface area contributed by atoms with E-state index in [4.69, 9.17) is 26.4 Å². The van der Waals surface area contributed by atoms with Crippen molar-refractivity contribution >= 4 is 46.3 Å². The quantitative estimate of drug-likeness (QED) is 0.395. The monoisotopic (exact) mass is 397 g/mol. The van der Waals surface area contributed by atoms with E-state index in [-0.39, 0.29) is 18.9 Å². The van der Waals surface area contributed by atoms with Gasteiger partial charge in [0.05, 0.1) is 39.8 Å². The summed E-state index contributed by atoms with van der Waals surface area (Å²) in [4.78, 5) is 25.7. The number of hydrogen-bond donors (Lipinski definition) is 0. The minimum atomic E-state index is -0.396. The first-order valence-corrected chi connectivity index (χ1v) is 8.79. The number of hydrogen-bond acceptors (Lipinski definition) is 8. The highest BCUT2D eigenvalue weighted by Gasteiger charge is 2.32. The van der Waals surface area contributed by atoms with Crippen molar-refractivity contribution in [2.45, 2.75) is 6.42 Å². The molecule has 140 valence electrons. The maximum absolute atomic E-state index is 12.6. The molecule has 1 fully saturated rings. The van der Waals surface area contributed by atoms with Crippen LogP contribution in [0.2, 0.25) is 0 Å². The molecule has 1 saturated heterocycles. The van der Waals surface area contributed by atoms with Gasteiger partial charge >= 0.3 is 5.97 Å². The molecule has 1 aromatic carbocycles. The van der Waals surface area contributed by atoms with Crippen molar-refractivity contribution in [1.29, 1.82) is 0 Å². The first kappa shape index (κ1) is 20.1. The summed E-state index contributed by atoms with van der Waals surface area (Å²) in [5.41, 5.74) is 0.702. The number of amides is 1. The zero-order valence-electron chi connectivity index (χ0n) is 14.9. The fourth-order valence-corrected chi connectivity index (χ4v) is 3.64. The molecule has 0 radical (unpaired) electrons. The molecule has 1 aliphatic rings. The van der Waals surface area contributed by atoms with Crippen LogP contribution in [0.5, 0.6) is 17.2 Å². The molecule has 0 atom stereocenters. The van der Waals surface area contributed by atoms with Gasteiger partial charge in [-0.05, 0) is 23.8 Å². The normalized spacial score (nSPS) is 15.4. The Balaban J connectivity index is 2.28. The Morgan fingerprint density at radius 1 is 1.15 bits per heavy atom. The lowest BCUT2D eigenvalue weighted by Gasteiger charge is -2.13. The molecule has 0 unspecified atom stereocenters. The van der Waals surface area contributed by atoms with Gasteiger partial charge in [0, 0.05) is 6.54 Å². The van der Waals surface area contributed by atoms with E-state index >= 15 is 0 Å². The number of thioether (sulfide) groups is 1. The minimum Gasteiger partial charge on any atom is -0.493 e. The third-order valence-electron chi connectivity index (χ3n) is 3.63. The summed E-state index contributed by atoms with van der Waals surface area (Å²) in [7, 11) is 5.87. The van der Waals surface area contributed by atoms with Gasteiger partial charge in [-0.2, -0.15) is 0 Å². The fourth-order valence-electron chi connectivity index (χ4n) is 2.33. The van der Waals surface area contributed by atoms with E-state index in [0.29, 0.717) is 32.0 Å². The van der Waals surface area contributed by atoms with Crippen molar-refractivity contribution in [3.05, 3.63) is 22.6 Å². The summed E-state index contributed by atoms with van der Waals surface area (Å²) in [5, 5.41) is 0. The van der Waals surface area contributed by atoms with Crippen LogP contribution < -0.4 is 14.2 Å². The van der Waals surface area contributed by atoms with Gasteiger partial charge in [-0.15, -0.1) is 0 Å². The van der Waals surface area contributed by atoms with E-state index < -0.39 is 5.97 Å². The van der Waals surface area contributed by atoms with Gasteiger partial charge < -0.3 is 18.9 Å². The third kappa shape index (κ3) is 4.28. The number of rotatable bonds is 7. The molecule has 0 N–H and O–H groups in total. The molecule has 0 bridgehead atoms. The van der Waals surface area contributed by atoms with Gasteiger partial charge in [0.15, 0.2) is 11.5 Å². The van der Waals surface area contributed by atoms with Crippen molar-refractivity contribution in [2.75, 3.05) is 35.0 Å². The van der Waals surface area contributed by atoms with E-state index in [0.717, 1.165) is 0 Å². The zero-order valence-corrected chi connectivity index (χ0v) is 16.5. The van der Waals surface area contributed by atoms with Gasteiger partial charge in [-0.3, -0.25) is 14.5 Å². The second-order valence-corrected chi connectivity index (χ2v) is 6.79. The van der Waals surface area contributed by atoms with Crippen molar-refractivity contribution in [2.24, 2.45) is 0 Å². The van der Waals surface area contributed by atoms with Crippen LogP contribution in [0.15, 0.2) is 17.0 Å². The van der Waals surface area contributed by atoms with Crippen LogP contribution >= 0.6 is 24.0 Å². The lowest BCUT2D eigenvalue weighted by atomic mass is 10.1. The van der Waals surface area contributed by atoms with E-state index in [9.17, 15) is 9.59 Å². The standard InChI is InChI=1S/C17H19NO6S2/c1-21-11-7-10(8-12(22-2)15(11)24-4)9-13-16(20)18(17(25)26-13)6-5-14(19)23-3/h7-9H,5-6H2,1-4H3. The zero-order chi connectivity index (χ0) is 19.3. The molecule has 2 rings (SSSR count). The topological polar surface area (TPSA) is 74.3 Å². The molecule has 7 nitrogen and oxygen atoms in total. The lowest BCUT2D eigenvalue weighted by molar-refractivity contribution is -0.140. The van der Waals surface area contributed by atoms with E-state index in [2.05, 4.69) is 4.74 Å². The van der Waals surface area contributed by atoms with Crippen molar-refractivity contribution in [1.82, 2.24) is 4.90 Å². The summed E-state index contributed by atoms with van der Waals surface area (Å²) >= 11 is 6.42. The largest absolute Gasteiger partial charge is 0.493 e. The van der Waals surface area contributed by atoms with E-state index in [1.807, 2.05) is 0 Å². The second-order valence-electron chi connectivity index (χ2n) is 5.12. The van der Waals surface area contributed by atoms with Crippen molar-refractivity contribution in [3.63, 3.8) is 0 Å². The average Bonchev–Trinajstić information content (AvgIpc) is 2.91. The van der Waals surface area contributed by atoms with Gasteiger partial charge in [-0.25, -0.2) is 0 Å². The van der Waals surface area contributed by atoms with Gasteiger partial charge in [-0.1, -0.05) is 24.0 Å². The minimum absolute atomic E-state index is 0.0837. The summed E-state index contributed by atoms with van der Waals surface area (Å²) in [6, 6.07) is 3.48. The Morgan fingerprint density at radius 3 is 2.27 bits per heavy atom. The van der Waals surface area contributed by atoms with Gasteiger partial charge in [0.1, 0.15) is 4.32 Å². The Hall–Kier alpha value is -2.26. The molecule has 0 aliphatic carbocycles. The molecule has 1 aromatic rings. The number of nitrogens with zero attached hydrogens (tertiary/aromatic N) is 1. The SMILES string of the molecule is COC(=O)CCN1C(=O)C(=Cc2cc(OC)c(OC)c(OC)c2)SC1=S. The van der Waals surface area contributed by atoms with Crippen LogP contribution in [0.3, 0.4) is 0 Å². The molecule has 1 heterocycles. The molecule has 9 heteroatoms. The molecule has 26 heavy (non-hydrogen) atoms. The molecular weight excluding hydrogens is 378 g/mol. The first-order chi connectivity index (χ1) is 12.4. The van der Waals surface area contributed by atoms with Crippen LogP contribution in [0.4, 0.5) is 0 Å². The summed E-state index contributed by atoms with van der Waals surface area (Å²) < 4.78 is 20.9. The smallest absolute Gasteiger partial charge is 0.307 e. The van der Waals surface area contributed by atoms with Crippen LogP contribution in [-0.4, -0.2) is 56.1 Å². The molecule has 0 spiro atoms. The van der Waals surface area contributed by atoms with Crippen molar-refractivity contribution < 1.29 is 28.5 Å². The number of ether oxygens (including phenoxy) is 4. The number of carbonyl (C=O) groups excluding carboxylic acids is 2. The summed E-state index contributed by atoms with van der Waals surface area (Å²) in [6.45, 7) is 0.184. The van der Waals surface area contributed by atoms with Crippen LogP contribution in [0, 0.1) is 0 Å². The van der Waals surface area contributed by atoms with Gasteiger partial charge in [0.25, 0.3) is 5.91 Å². The molecular formula is C17H19NO6S2. The highest BCUT2D eigenvalue weighted by Crippen LogP contribution is 2.40. The number of methoxy groups -OCH3 is 4. The second kappa shape index (κ2) is 8.91. The summed E-state index contributed by atoms with van der Waals surface area (Å²) in [6.07, 6.45) is 1.78. The average molecular weight is 397 g/mol. The van der Waals surface area contributed by atoms with Crippen LogP contribution in [-0.2, 0) is 14.3 Å². The number of thiocarbonyl (C=S) groups is 1.